The molecular weight excluding hydrogens is 224 g/mol. The zero-order chi connectivity index (χ0) is 10.9. The van der Waals surface area contributed by atoms with Crippen LogP contribution in [0.25, 0.3) is 0 Å². The van der Waals surface area contributed by atoms with Crippen LogP contribution < -0.4 is 0 Å². The maximum atomic E-state index is 12.9. The summed E-state index contributed by atoms with van der Waals surface area (Å²) in [4.78, 5) is 3.96. The summed E-state index contributed by atoms with van der Waals surface area (Å²) in [6, 6.07) is 0. The van der Waals surface area contributed by atoms with Gasteiger partial charge in [0.25, 0.3) is 0 Å². The van der Waals surface area contributed by atoms with E-state index in [-0.39, 0.29) is 24.6 Å². The quantitative estimate of drug-likeness (QED) is 0.731. The van der Waals surface area contributed by atoms with Crippen molar-refractivity contribution in [1.82, 2.24) is 4.98 Å². The molecule has 0 atom stereocenters. The summed E-state index contributed by atoms with van der Waals surface area (Å²) >= 11 is 5.68. The highest BCUT2D eigenvalue weighted by molar-refractivity contribution is 6.16. The van der Waals surface area contributed by atoms with Crippen molar-refractivity contribution in [1.29, 1.82) is 0 Å². The van der Waals surface area contributed by atoms with Crippen LogP contribution >= 0.6 is 11.6 Å². The lowest BCUT2D eigenvalue weighted by molar-refractivity contribution is -0.0395. The summed E-state index contributed by atoms with van der Waals surface area (Å²) in [5.41, 5.74) is 0.687. The van der Waals surface area contributed by atoms with Crippen molar-refractivity contribution < 1.29 is 13.2 Å². The molecule has 1 aromatic heterocycles. The third-order valence-electron chi connectivity index (χ3n) is 2.89. The third-order valence-corrected chi connectivity index (χ3v) is 3.14. The monoisotopic (exact) mass is 235 g/mol. The molecule has 0 bridgehead atoms. The average Bonchev–Trinajstić information content (AvgIpc) is 2.65. The largest absolute Gasteiger partial charge is 0.448 e. The highest BCUT2D eigenvalue weighted by Gasteiger charge is 2.37. The fourth-order valence-electron chi connectivity index (χ4n) is 2.01. The lowest BCUT2D eigenvalue weighted by Gasteiger charge is -2.27. The van der Waals surface area contributed by atoms with E-state index in [0.29, 0.717) is 24.3 Å². The van der Waals surface area contributed by atoms with Crippen LogP contribution in [-0.2, 0) is 5.88 Å². The van der Waals surface area contributed by atoms with E-state index >= 15 is 0 Å². The van der Waals surface area contributed by atoms with Crippen LogP contribution in [0.2, 0.25) is 0 Å². The molecule has 5 heteroatoms. The number of rotatable bonds is 2. The van der Waals surface area contributed by atoms with E-state index in [1.165, 1.54) is 6.39 Å². The van der Waals surface area contributed by atoms with E-state index in [1.807, 2.05) is 0 Å². The number of hydrogen-bond donors (Lipinski definition) is 0. The second-order valence-corrected chi connectivity index (χ2v) is 4.19. The first kappa shape index (κ1) is 10.9. The van der Waals surface area contributed by atoms with Crippen molar-refractivity contribution in [2.45, 2.75) is 43.4 Å². The first-order chi connectivity index (χ1) is 7.12. The molecule has 0 unspecified atom stereocenters. The van der Waals surface area contributed by atoms with Crippen LogP contribution in [0.1, 0.15) is 43.1 Å². The molecule has 0 radical (unpaired) electrons. The predicted molar refractivity (Wildman–Crippen MR) is 52.2 cm³/mol. The number of alkyl halides is 3. The molecule has 1 aromatic rings. The average molecular weight is 236 g/mol. The first-order valence-corrected chi connectivity index (χ1v) is 5.52. The molecule has 1 aliphatic rings. The van der Waals surface area contributed by atoms with Crippen molar-refractivity contribution in [3.05, 3.63) is 17.8 Å². The zero-order valence-electron chi connectivity index (χ0n) is 8.18. The molecule has 0 aliphatic heterocycles. The normalized spacial score (nSPS) is 21.8. The molecule has 84 valence electrons. The van der Waals surface area contributed by atoms with Crippen LogP contribution in [0.15, 0.2) is 10.8 Å². The lowest BCUT2D eigenvalue weighted by atomic mass is 9.85. The Balaban J connectivity index is 2.07. The van der Waals surface area contributed by atoms with Crippen LogP contribution in [0.5, 0.6) is 0 Å². The molecule has 1 heterocycles. The molecule has 2 rings (SSSR count). The Labute approximate surface area is 91.6 Å². The van der Waals surface area contributed by atoms with E-state index < -0.39 is 5.92 Å². The minimum absolute atomic E-state index is 0.0564. The van der Waals surface area contributed by atoms with E-state index in [9.17, 15) is 8.78 Å². The topological polar surface area (TPSA) is 26.0 Å². The highest BCUT2D eigenvalue weighted by Crippen LogP contribution is 2.41. The van der Waals surface area contributed by atoms with Gasteiger partial charge in [0.15, 0.2) is 6.39 Å². The number of nitrogens with zero attached hydrogens (tertiary/aromatic N) is 1. The molecule has 15 heavy (non-hydrogen) atoms. The van der Waals surface area contributed by atoms with E-state index in [1.54, 1.807) is 0 Å². The number of aromatic nitrogens is 1. The minimum Gasteiger partial charge on any atom is -0.448 e. The van der Waals surface area contributed by atoms with Crippen LogP contribution in [0.3, 0.4) is 0 Å². The third kappa shape index (κ3) is 2.30. The van der Waals surface area contributed by atoms with Crippen LogP contribution in [-0.4, -0.2) is 10.9 Å². The van der Waals surface area contributed by atoms with E-state index in [4.69, 9.17) is 16.0 Å². The second-order valence-electron chi connectivity index (χ2n) is 3.93. The molecule has 1 fully saturated rings. The number of halogens is 3. The van der Waals surface area contributed by atoms with E-state index in [2.05, 4.69) is 4.98 Å². The summed E-state index contributed by atoms with van der Waals surface area (Å²) in [6.07, 6.45) is 2.10. The van der Waals surface area contributed by atoms with Gasteiger partial charge in [-0.2, -0.15) is 0 Å². The van der Waals surface area contributed by atoms with Crippen LogP contribution in [0, 0.1) is 0 Å². The Morgan fingerprint density at radius 2 is 2.13 bits per heavy atom. The molecular formula is C10H12ClF2NO. The standard InChI is InChI=1S/C10H12ClF2NO/c11-5-8-9(15-6-14-8)7-1-3-10(12,13)4-2-7/h6-7H,1-5H2. The smallest absolute Gasteiger partial charge is 0.248 e. The Morgan fingerprint density at radius 3 is 2.73 bits per heavy atom. The Hall–Kier alpha value is -0.640. The maximum Gasteiger partial charge on any atom is 0.248 e. The van der Waals surface area contributed by atoms with Crippen molar-refractivity contribution in [2.24, 2.45) is 0 Å². The van der Waals surface area contributed by atoms with Crippen LogP contribution in [0.4, 0.5) is 8.78 Å². The summed E-state index contributed by atoms with van der Waals surface area (Å²) in [7, 11) is 0. The maximum absolute atomic E-state index is 12.9. The molecule has 0 spiro atoms. The Bertz CT molecular complexity index is 330. The molecule has 2 nitrogen and oxygen atoms in total. The fourth-order valence-corrected chi connectivity index (χ4v) is 2.21. The second kappa shape index (κ2) is 4.08. The molecule has 0 aromatic carbocycles. The first-order valence-electron chi connectivity index (χ1n) is 4.98. The van der Waals surface area contributed by atoms with Gasteiger partial charge in [0.2, 0.25) is 5.92 Å². The molecule has 0 saturated heterocycles. The van der Waals surface area contributed by atoms with Gasteiger partial charge in [0, 0.05) is 18.8 Å². The van der Waals surface area contributed by atoms with Gasteiger partial charge in [-0.05, 0) is 12.8 Å². The molecule has 0 amide bonds. The Morgan fingerprint density at radius 1 is 1.47 bits per heavy atom. The fraction of sp³-hybridized carbons (Fsp3) is 0.700. The van der Waals surface area contributed by atoms with Gasteiger partial charge < -0.3 is 4.42 Å². The summed E-state index contributed by atoms with van der Waals surface area (Å²) in [5.74, 6) is -1.47. The lowest BCUT2D eigenvalue weighted by Crippen LogP contribution is -2.23. The summed E-state index contributed by atoms with van der Waals surface area (Å²) in [6.45, 7) is 0. The summed E-state index contributed by atoms with van der Waals surface area (Å²) < 4.78 is 31.1. The van der Waals surface area contributed by atoms with Gasteiger partial charge in [0.1, 0.15) is 5.76 Å². The van der Waals surface area contributed by atoms with E-state index in [0.717, 1.165) is 0 Å². The molecule has 1 aliphatic carbocycles. The van der Waals surface area contributed by atoms with Crippen molar-refractivity contribution in [3.8, 4) is 0 Å². The van der Waals surface area contributed by atoms with Gasteiger partial charge in [-0.1, -0.05) is 0 Å². The SMILES string of the molecule is FC1(F)CCC(c2ocnc2CCl)CC1. The van der Waals surface area contributed by atoms with Gasteiger partial charge >= 0.3 is 0 Å². The Kier molecular flexibility index (Phi) is 2.96. The van der Waals surface area contributed by atoms with Gasteiger partial charge in [-0.3, -0.25) is 0 Å². The van der Waals surface area contributed by atoms with Gasteiger partial charge in [0.05, 0.1) is 11.6 Å². The molecule has 0 N–H and O–H groups in total. The van der Waals surface area contributed by atoms with Gasteiger partial charge in [-0.15, -0.1) is 11.6 Å². The van der Waals surface area contributed by atoms with Crippen molar-refractivity contribution in [3.63, 3.8) is 0 Å². The number of oxazole rings is 1. The van der Waals surface area contributed by atoms with Crippen molar-refractivity contribution in [2.75, 3.05) is 0 Å². The number of hydrogen-bond acceptors (Lipinski definition) is 2. The highest BCUT2D eigenvalue weighted by atomic mass is 35.5. The summed E-state index contributed by atoms with van der Waals surface area (Å²) in [5, 5.41) is 0. The molecule has 1 saturated carbocycles. The zero-order valence-corrected chi connectivity index (χ0v) is 8.94. The predicted octanol–water partition coefficient (Wildman–Crippen LogP) is 3.71. The minimum atomic E-state index is -2.50. The van der Waals surface area contributed by atoms with Gasteiger partial charge in [-0.25, -0.2) is 13.8 Å². The van der Waals surface area contributed by atoms with Crippen molar-refractivity contribution >= 4 is 11.6 Å².